The summed E-state index contributed by atoms with van der Waals surface area (Å²) < 4.78 is 9.52. The zero-order chi connectivity index (χ0) is 8.85. The first-order valence-corrected chi connectivity index (χ1v) is 3.48. The lowest BCUT2D eigenvalue weighted by molar-refractivity contribution is -0.142. The summed E-state index contributed by atoms with van der Waals surface area (Å²) in [7, 11) is 1.49. The summed E-state index contributed by atoms with van der Waals surface area (Å²) in [4.78, 5) is 11.0. The quantitative estimate of drug-likeness (QED) is 0.354. The molecule has 0 aliphatic heterocycles. The molecule has 0 N–H and O–H groups in total. The summed E-state index contributed by atoms with van der Waals surface area (Å²) in [5, 5.41) is 0. The van der Waals surface area contributed by atoms with E-state index in [0.29, 0.717) is 5.57 Å². The number of hydrogen-bond donors (Lipinski definition) is 0. The molecule has 0 amide bonds. The number of ether oxygens (including phenoxy) is 2. The molecule has 0 rings (SSSR count). The highest BCUT2D eigenvalue weighted by molar-refractivity contribution is 5.87. The van der Waals surface area contributed by atoms with Gasteiger partial charge in [-0.2, -0.15) is 0 Å². The van der Waals surface area contributed by atoms with E-state index in [1.54, 1.807) is 20.8 Å². The molecule has 0 radical (unpaired) electrons. The minimum atomic E-state index is -0.332. The largest absolute Gasteiger partial charge is 0.504 e. The zero-order valence-electron chi connectivity index (χ0n) is 7.38. The lowest BCUT2D eigenvalue weighted by Crippen LogP contribution is -2.12. The molecule has 0 bridgehead atoms. The monoisotopic (exact) mass is 158 g/mol. The third kappa shape index (κ3) is 4.42. The maximum absolute atomic E-state index is 11.0. The molecule has 0 aliphatic carbocycles. The van der Waals surface area contributed by atoms with E-state index in [-0.39, 0.29) is 12.1 Å². The Balaban J connectivity index is 3.93. The topological polar surface area (TPSA) is 35.5 Å². The number of hydrogen-bond acceptors (Lipinski definition) is 3. The molecule has 0 unspecified atom stereocenters. The lowest BCUT2D eigenvalue weighted by Gasteiger charge is -2.06. The van der Waals surface area contributed by atoms with Crippen molar-refractivity contribution in [2.24, 2.45) is 0 Å². The van der Waals surface area contributed by atoms with Gasteiger partial charge in [-0.1, -0.05) is 0 Å². The predicted molar refractivity (Wildman–Crippen MR) is 42.0 cm³/mol. The van der Waals surface area contributed by atoms with E-state index in [1.807, 2.05) is 0 Å². The molecule has 0 fully saturated rings. The minimum Gasteiger partial charge on any atom is -0.504 e. The molecule has 11 heavy (non-hydrogen) atoms. The van der Waals surface area contributed by atoms with Gasteiger partial charge in [-0.25, -0.2) is 4.79 Å². The van der Waals surface area contributed by atoms with Crippen LogP contribution in [0.2, 0.25) is 0 Å². The van der Waals surface area contributed by atoms with Crippen LogP contribution in [0.25, 0.3) is 0 Å². The van der Waals surface area contributed by atoms with Crippen molar-refractivity contribution in [1.29, 1.82) is 0 Å². The van der Waals surface area contributed by atoms with Crippen LogP contribution in [0.5, 0.6) is 0 Å². The highest BCUT2D eigenvalue weighted by Gasteiger charge is 2.07. The average molecular weight is 158 g/mol. The summed E-state index contributed by atoms with van der Waals surface area (Å²) in [6.45, 7) is 5.25. The Hall–Kier alpha value is -0.990. The minimum absolute atomic E-state index is 0.0808. The van der Waals surface area contributed by atoms with E-state index in [9.17, 15) is 4.79 Å². The van der Waals surface area contributed by atoms with Gasteiger partial charge in [-0.15, -0.1) is 0 Å². The number of carbonyl (C=O) groups excluding carboxylic acids is 1. The molecular weight excluding hydrogens is 144 g/mol. The van der Waals surface area contributed by atoms with E-state index >= 15 is 0 Å². The van der Waals surface area contributed by atoms with Gasteiger partial charge in [0.15, 0.2) is 0 Å². The van der Waals surface area contributed by atoms with Crippen LogP contribution >= 0.6 is 0 Å². The summed E-state index contributed by atoms with van der Waals surface area (Å²) in [5.41, 5.74) is 0.473. The molecule has 0 spiro atoms. The molecule has 3 heteroatoms. The molecule has 3 nitrogen and oxygen atoms in total. The first-order chi connectivity index (χ1) is 5.07. The average Bonchev–Trinajstić information content (AvgIpc) is 1.86. The van der Waals surface area contributed by atoms with Crippen LogP contribution in [0.15, 0.2) is 11.8 Å². The lowest BCUT2D eigenvalue weighted by atomic mass is 10.3. The first kappa shape index (κ1) is 10.0. The Morgan fingerprint density at radius 2 is 2.00 bits per heavy atom. The second-order valence-corrected chi connectivity index (χ2v) is 2.49. The van der Waals surface area contributed by atoms with E-state index in [1.165, 1.54) is 13.4 Å². The molecular formula is C8H14O3. The number of esters is 1. The Morgan fingerprint density at radius 1 is 1.45 bits per heavy atom. The molecule has 0 heterocycles. The van der Waals surface area contributed by atoms with Crippen molar-refractivity contribution < 1.29 is 14.3 Å². The van der Waals surface area contributed by atoms with Crippen LogP contribution in [0.1, 0.15) is 20.8 Å². The van der Waals surface area contributed by atoms with Gasteiger partial charge in [0, 0.05) is 0 Å². The molecule has 0 aromatic heterocycles. The van der Waals surface area contributed by atoms with E-state index in [2.05, 4.69) is 4.74 Å². The van der Waals surface area contributed by atoms with Crippen LogP contribution in [0.3, 0.4) is 0 Å². The van der Waals surface area contributed by atoms with Crippen LogP contribution in [-0.4, -0.2) is 19.2 Å². The number of carbonyl (C=O) groups is 1. The molecule has 0 aromatic rings. The molecule has 0 aromatic carbocycles. The van der Waals surface area contributed by atoms with Gasteiger partial charge in [0.05, 0.1) is 25.0 Å². The van der Waals surface area contributed by atoms with Crippen molar-refractivity contribution >= 4 is 5.97 Å². The molecule has 64 valence electrons. The first-order valence-electron chi connectivity index (χ1n) is 3.48. The van der Waals surface area contributed by atoms with E-state index in [4.69, 9.17) is 4.74 Å². The SMILES string of the molecule is COC=C(C)C(=O)OC(C)C. The Morgan fingerprint density at radius 3 is 2.36 bits per heavy atom. The van der Waals surface area contributed by atoms with Crippen LogP contribution in [-0.2, 0) is 14.3 Å². The van der Waals surface area contributed by atoms with Crippen molar-refractivity contribution in [3.05, 3.63) is 11.8 Å². The van der Waals surface area contributed by atoms with Crippen molar-refractivity contribution in [1.82, 2.24) is 0 Å². The van der Waals surface area contributed by atoms with Gasteiger partial charge >= 0.3 is 5.97 Å². The fourth-order valence-corrected chi connectivity index (χ4v) is 0.532. The Bertz CT molecular complexity index is 159. The van der Waals surface area contributed by atoms with Crippen molar-refractivity contribution in [3.63, 3.8) is 0 Å². The van der Waals surface area contributed by atoms with Crippen molar-refractivity contribution in [2.45, 2.75) is 26.9 Å². The standard InChI is InChI=1S/C8H14O3/c1-6(2)11-8(9)7(3)5-10-4/h5-6H,1-4H3. The van der Waals surface area contributed by atoms with Crippen molar-refractivity contribution in [2.75, 3.05) is 7.11 Å². The highest BCUT2D eigenvalue weighted by atomic mass is 16.5. The third-order valence-corrected chi connectivity index (χ3v) is 0.959. The van der Waals surface area contributed by atoms with Crippen LogP contribution in [0.4, 0.5) is 0 Å². The summed E-state index contributed by atoms with van der Waals surface area (Å²) in [5.74, 6) is -0.332. The normalized spacial score (nSPS) is 11.5. The maximum Gasteiger partial charge on any atom is 0.337 e. The van der Waals surface area contributed by atoms with Gasteiger partial charge in [-0.3, -0.25) is 0 Å². The van der Waals surface area contributed by atoms with Crippen LogP contribution < -0.4 is 0 Å². The smallest absolute Gasteiger partial charge is 0.337 e. The third-order valence-electron chi connectivity index (χ3n) is 0.959. The van der Waals surface area contributed by atoms with Gasteiger partial charge in [-0.05, 0) is 20.8 Å². The molecule has 0 aliphatic rings. The van der Waals surface area contributed by atoms with Crippen LogP contribution in [0, 0.1) is 0 Å². The molecule has 0 saturated carbocycles. The van der Waals surface area contributed by atoms with Gasteiger partial charge < -0.3 is 9.47 Å². The fourth-order valence-electron chi connectivity index (χ4n) is 0.532. The summed E-state index contributed by atoms with van der Waals surface area (Å²) in [6.07, 6.45) is 1.28. The van der Waals surface area contributed by atoms with E-state index in [0.717, 1.165) is 0 Å². The van der Waals surface area contributed by atoms with Gasteiger partial charge in [0.1, 0.15) is 0 Å². The highest BCUT2D eigenvalue weighted by Crippen LogP contribution is 1.99. The van der Waals surface area contributed by atoms with E-state index < -0.39 is 0 Å². The second kappa shape index (κ2) is 4.77. The predicted octanol–water partition coefficient (Wildman–Crippen LogP) is 1.49. The Labute approximate surface area is 67.0 Å². The Kier molecular flexibility index (Phi) is 4.34. The maximum atomic E-state index is 11.0. The van der Waals surface area contributed by atoms with Gasteiger partial charge in [0.25, 0.3) is 0 Å². The zero-order valence-corrected chi connectivity index (χ0v) is 7.38. The summed E-state index contributed by atoms with van der Waals surface area (Å²) >= 11 is 0. The number of rotatable bonds is 3. The fraction of sp³-hybridized carbons (Fsp3) is 0.625. The summed E-state index contributed by atoms with van der Waals surface area (Å²) in [6, 6.07) is 0. The number of methoxy groups -OCH3 is 1. The molecule has 0 atom stereocenters. The van der Waals surface area contributed by atoms with Gasteiger partial charge in [0.2, 0.25) is 0 Å². The van der Waals surface area contributed by atoms with Crippen molar-refractivity contribution in [3.8, 4) is 0 Å². The molecule has 0 saturated heterocycles. The second-order valence-electron chi connectivity index (χ2n) is 2.49.